The van der Waals surface area contributed by atoms with Crippen molar-refractivity contribution in [3.05, 3.63) is 27.8 Å². The molecule has 0 aromatic heterocycles. The zero-order chi connectivity index (χ0) is 16.6. The third-order valence-corrected chi connectivity index (χ3v) is 7.72. The lowest BCUT2D eigenvalue weighted by molar-refractivity contribution is -0.117. The molecule has 3 rings (SSSR count). The van der Waals surface area contributed by atoms with Crippen molar-refractivity contribution in [2.24, 2.45) is 4.99 Å². The fourth-order valence-electron chi connectivity index (χ4n) is 2.87. The molecule has 5 nitrogen and oxygen atoms in total. The van der Waals surface area contributed by atoms with Crippen LogP contribution in [-0.2, 0) is 14.6 Å². The van der Waals surface area contributed by atoms with E-state index in [1.165, 1.54) is 11.8 Å². The summed E-state index contributed by atoms with van der Waals surface area (Å²) in [6, 6.07) is 7.71. The van der Waals surface area contributed by atoms with Gasteiger partial charge in [-0.2, -0.15) is 4.99 Å². The molecule has 0 aliphatic carbocycles. The zero-order valence-electron chi connectivity index (χ0n) is 12.6. The van der Waals surface area contributed by atoms with Gasteiger partial charge < -0.3 is 4.90 Å². The quantitative estimate of drug-likeness (QED) is 0.644. The lowest BCUT2D eigenvalue weighted by Gasteiger charge is -2.24. The van der Waals surface area contributed by atoms with Gasteiger partial charge in [0.2, 0.25) is 5.91 Å². The molecule has 1 amide bonds. The van der Waals surface area contributed by atoms with E-state index in [0.717, 1.165) is 15.7 Å². The lowest BCUT2D eigenvalue weighted by atomic mass is 10.2. The van der Waals surface area contributed by atoms with Gasteiger partial charge in [-0.05, 0) is 47.2 Å². The Bertz CT molecular complexity index is 764. The van der Waals surface area contributed by atoms with Crippen LogP contribution in [0.3, 0.4) is 0 Å². The molecule has 8 heteroatoms. The number of aliphatic imine (C=N–C) groups is 1. The number of anilines is 1. The minimum Gasteiger partial charge on any atom is -0.316 e. The number of amides is 1. The number of halogens is 1. The molecule has 2 saturated heterocycles. The maximum atomic E-state index is 12.0. The average Bonchev–Trinajstić information content (AvgIpc) is 2.89. The van der Waals surface area contributed by atoms with Crippen LogP contribution in [0.15, 0.2) is 29.3 Å². The predicted octanol–water partition coefficient (Wildman–Crippen LogP) is 2.69. The number of nitrogens with zero attached hydrogens (tertiary/aromatic N) is 2. The first-order valence-electron chi connectivity index (χ1n) is 7.43. The highest BCUT2D eigenvalue weighted by molar-refractivity contribution is 14.1. The molecule has 2 aliphatic rings. The zero-order valence-corrected chi connectivity index (χ0v) is 16.4. The molecule has 0 bridgehead atoms. The summed E-state index contributed by atoms with van der Waals surface area (Å²) in [5.74, 6) is 0.134. The molecule has 1 aromatic carbocycles. The Hall–Kier alpha value is -0.610. The maximum Gasteiger partial charge on any atom is 0.248 e. The number of fused-ring (bicyclic) bond motifs is 1. The van der Waals surface area contributed by atoms with E-state index >= 15 is 0 Å². The summed E-state index contributed by atoms with van der Waals surface area (Å²) < 4.78 is 25.0. The monoisotopic (exact) mass is 464 g/mol. The van der Waals surface area contributed by atoms with Crippen molar-refractivity contribution in [3.63, 3.8) is 0 Å². The average molecular weight is 464 g/mol. The smallest absolute Gasteiger partial charge is 0.248 e. The van der Waals surface area contributed by atoms with Crippen LogP contribution in [0.5, 0.6) is 0 Å². The van der Waals surface area contributed by atoms with Crippen LogP contribution in [0.2, 0.25) is 0 Å². The topological polar surface area (TPSA) is 66.8 Å². The van der Waals surface area contributed by atoms with Crippen molar-refractivity contribution >= 4 is 61.0 Å². The summed E-state index contributed by atoms with van der Waals surface area (Å²) in [6.07, 6.45) is 1.17. The predicted molar refractivity (Wildman–Crippen MR) is 103 cm³/mol. The third-order valence-electron chi connectivity index (χ3n) is 3.84. The van der Waals surface area contributed by atoms with E-state index in [4.69, 9.17) is 0 Å². The van der Waals surface area contributed by atoms with E-state index in [2.05, 4.69) is 27.6 Å². The van der Waals surface area contributed by atoms with Crippen LogP contribution in [0.25, 0.3) is 0 Å². The van der Waals surface area contributed by atoms with Gasteiger partial charge in [-0.15, -0.1) is 0 Å². The molecule has 124 valence electrons. The number of amidine groups is 1. The molecule has 0 saturated carbocycles. The highest BCUT2D eigenvalue weighted by Crippen LogP contribution is 2.41. The summed E-state index contributed by atoms with van der Waals surface area (Å²) in [5, 5.41) is 0.585. The number of sulfone groups is 1. The first-order valence-corrected chi connectivity index (χ1v) is 11.2. The number of carbonyl (C=O) groups is 1. The van der Waals surface area contributed by atoms with Gasteiger partial charge in [0.25, 0.3) is 0 Å². The third kappa shape index (κ3) is 3.74. The second kappa shape index (κ2) is 6.72. The second-order valence-electron chi connectivity index (χ2n) is 5.69. The molecule has 0 N–H and O–H groups in total. The molecular weight excluding hydrogens is 447 g/mol. The fraction of sp³-hybridized carbons (Fsp3) is 0.467. The van der Waals surface area contributed by atoms with E-state index in [0.29, 0.717) is 11.6 Å². The van der Waals surface area contributed by atoms with E-state index in [1.54, 1.807) is 0 Å². The van der Waals surface area contributed by atoms with Crippen LogP contribution < -0.4 is 4.90 Å². The Balaban J connectivity index is 1.99. The minimum absolute atomic E-state index is 0.0500. The van der Waals surface area contributed by atoms with E-state index in [9.17, 15) is 13.2 Å². The van der Waals surface area contributed by atoms with Crippen molar-refractivity contribution in [2.45, 2.75) is 31.1 Å². The second-order valence-corrected chi connectivity index (χ2v) is 10.3. The van der Waals surface area contributed by atoms with Crippen LogP contribution in [0, 0.1) is 3.57 Å². The number of hydrogen-bond donors (Lipinski definition) is 0. The van der Waals surface area contributed by atoms with Crippen molar-refractivity contribution in [1.29, 1.82) is 0 Å². The standard InChI is InChI=1S/C15H17IN2O3S2/c1-2-4-14(19)17-15-18(11-6-3-5-10(16)7-11)12-8-23(20,21)9-13(12)22-15/h3,5-7,12-13H,2,4,8-9H2,1H3/t12-,13-/m0/s1. The number of hydrogen-bond acceptors (Lipinski definition) is 4. The highest BCUT2D eigenvalue weighted by atomic mass is 127. The molecule has 2 aliphatic heterocycles. The SMILES string of the molecule is CCCC(=O)N=C1S[C@H]2CS(=O)(=O)C[C@@H]2N1c1cccc(I)c1. The van der Waals surface area contributed by atoms with Gasteiger partial charge in [0.15, 0.2) is 15.0 Å². The van der Waals surface area contributed by atoms with Crippen molar-refractivity contribution in [3.8, 4) is 0 Å². The van der Waals surface area contributed by atoms with E-state index in [-0.39, 0.29) is 28.7 Å². The molecular formula is C15H17IN2O3S2. The Morgan fingerprint density at radius 1 is 1.43 bits per heavy atom. The van der Waals surface area contributed by atoms with E-state index < -0.39 is 9.84 Å². The molecule has 1 aromatic rings. The summed E-state index contributed by atoms with van der Waals surface area (Å²) in [7, 11) is -3.02. The van der Waals surface area contributed by atoms with Crippen LogP contribution in [0.4, 0.5) is 5.69 Å². The molecule has 2 atom stereocenters. The Kier molecular flexibility index (Phi) is 5.03. The number of benzene rings is 1. The number of rotatable bonds is 3. The van der Waals surface area contributed by atoms with Gasteiger partial charge in [0.1, 0.15) is 0 Å². The fourth-order valence-corrected chi connectivity index (χ4v) is 7.33. The van der Waals surface area contributed by atoms with Crippen molar-refractivity contribution < 1.29 is 13.2 Å². The van der Waals surface area contributed by atoms with Gasteiger partial charge >= 0.3 is 0 Å². The summed E-state index contributed by atoms with van der Waals surface area (Å²) in [6.45, 7) is 1.94. The van der Waals surface area contributed by atoms with Gasteiger partial charge in [0.05, 0.1) is 17.5 Å². The summed E-state index contributed by atoms with van der Waals surface area (Å²) in [4.78, 5) is 18.1. The molecule has 0 unspecified atom stereocenters. The normalized spacial score (nSPS) is 27.4. The van der Waals surface area contributed by atoms with E-state index in [1.807, 2.05) is 36.1 Å². The Morgan fingerprint density at radius 3 is 2.91 bits per heavy atom. The first kappa shape index (κ1) is 17.2. The van der Waals surface area contributed by atoms with Crippen molar-refractivity contribution in [1.82, 2.24) is 0 Å². The van der Waals surface area contributed by atoms with Gasteiger partial charge in [-0.1, -0.05) is 24.8 Å². The molecule has 23 heavy (non-hydrogen) atoms. The van der Waals surface area contributed by atoms with Crippen LogP contribution in [-0.4, -0.2) is 42.3 Å². The van der Waals surface area contributed by atoms with Gasteiger partial charge in [-0.3, -0.25) is 4.79 Å². The van der Waals surface area contributed by atoms with Crippen LogP contribution >= 0.6 is 34.4 Å². The maximum absolute atomic E-state index is 12.0. The summed E-state index contributed by atoms with van der Waals surface area (Å²) >= 11 is 3.65. The molecule has 0 radical (unpaired) electrons. The molecule has 0 spiro atoms. The van der Waals surface area contributed by atoms with Crippen molar-refractivity contribution in [2.75, 3.05) is 16.4 Å². The van der Waals surface area contributed by atoms with Gasteiger partial charge in [-0.25, -0.2) is 8.42 Å². The number of thioether (sulfide) groups is 1. The Labute approximate surface area is 154 Å². The summed E-state index contributed by atoms with van der Waals surface area (Å²) in [5.41, 5.74) is 0.900. The Morgan fingerprint density at radius 2 is 2.22 bits per heavy atom. The molecule has 2 fully saturated rings. The largest absolute Gasteiger partial charge is 0.316 e. The van der Waals surface area contributed by atoms with Gasteiger partial charge in [0, 0.05) is 20.9 Å². The first-order chi connectivity index (χ1) is 10.9. The number of carbonyl (C=O) groups excluding carboxylic acids is 1. The highest BCUT2D eigenvalue weighted by Gasteiger charge is 2.49. The lowest BCUT2D eigenvalue weighted by Crippen LogP contribution is -2.37. The minimum atomic E-state index is -3.02. The molecule has 2 heterocycles. The van der Waals surface area contributed by atoms with Crippen LogP contribution in [0.1, 0.15) is 19.8 Å².